The molecule has 0 aliphatic rings. The lowest BCUT2D eigenvalue weighted by atomic mass is 10.1. The van der Waals surface area contributed by atoms with Gasteiger partial charge in [0.1, 0.15) is 5.58 Å². The highest BCUT2D eigenvalue weighted by molar-refractivity contribution is 6.12. The number of benzene rings is 4. The SMILES string of the molecule is COc1cc(NC(=O)c2cc(=O)c3ccccc3o2)c(C(=O)Nc2ccc(CCN(Cc3cccnc3)Cc3ccc4c(c3)c(C)nn4C)cc2)cc1OC. The number of ether oxygens (including phenoxy) is 2. The molecule has 0 saturated carbocycles. The van der Waals surface area contributed by atoms with Crippen LogP contribution >= 0.6 is 0 Å². The number of aryl methyl sites for hydroxylation is 2. The summed E-state index contributed by atoms with van der Waals surface area (Å²) >= 11 is 0. The molecule has 0 spiro atoms. The van der Waals surface area contributed by atoms with Crippen molar-refractivity contribution in [2.75, 3.05) is 31.4 Å². The zero-order valence-corrected chi connectivity index (χ0v) is 31.0. The molecule has 3 aromatic heterocycles. The maximum absolute atomic E-state index is 13.8. The van der Waals surface area contributed by atoms with Gasteiger partial charge in [0.25, 0.3) is 11.8 Å². The van der Waals surface area contributed by atoms with Gasteiger partial charge in [0, 0.05) is 62.3 Å². The van der Waals surface area contributed by atoms with Crippen molar-refractivity contribution in [2.24, 2.45) is 7.05 Å². The number of nitrogens with zero attached hydrogens (tertiary/aromatic N) is 4. The molecule has 0 bridgehead atoms. The third-order valence-corrected chi connectivity index (χ3v) is 9.44. The smallest absolute Gasteiger partial charge is 0.291 e. The van der Waals surface area contributed by atoms with Crippen molar-refractivity contribution in [2.45, 2.75) is 26.4 Å². The van der Waals surface area contributed by atoms with Gasteiger partial charge in [-0.2, -0.15) is 5.10 Å². The number of pyridine rings is 1. The molecule has 0 aliphatic heterocycles. The number of methoxy groups -OCH3 is 2. The number of anilines is 2. The highest BCUT2D eigenvalue weighted by Gasteiger charge is 2.21. The summed E-state index contributed by atoms with van der Waals surface area (Å²) in [6.07, 6.45) is 4.46. The van der Waals surface area contributed by atoms with Crippen LogP contribution in [0.5, 0.6) is 11.5 Å². The van der Waals surface area contributed by atoms with Crippen molar-refractivity contribution in [1.29, 1.82) is 0 Å². The quantitative estimate of drug-likeness (QED) is 0.126. The Kier molecular flexibility index (Phi) is 10.7. The predicted molar refractivity (Wildman–Crippen MR) is 212 cm³/mol. The molecule has 0 aliphatic carbocycles. The number of carbonyl (C=O) groups excluding carboxylic acids is 2. The Morgan fingerprint density at radius 3 is 2.31 bits per heavy atom. The van der Waals surface area contributed by atoms with Crippen molar-refractivity contribution in [3.63, 3.8) is 0 Å². The first-order valence-corrected chi connectivity index (χ1v) is 17.7. The number of fused-ring (bicyclic) bond motifs is 2. The molecule has 0 radical (unpaired) electrons. The molecule has 4 aromatic carbocycles. The largest absolute Gasteiger partial charge is 0.493 e. The van der Waals surface area contributed by atoms with Crippen LogP contribution in [0.2, 0.25) is 0 Å². The Labute approximate surface area is 317 Å². The van der Waals surface area contributed by atoms with E-state index in [1.54, 1.807) is 30.5 Å². The normalized spacial score (nSPS) is 11.2. The molecule has 0 unspecified atom stereocenters. The first-order chi connectivity index (χ1) is 26.7. The number of amides is 2. The van der Waals surface area contributed by atoms with Crippen LogP contribution in [0.25, 0.3) is 21.9 Å². The van der Waals surface area contributed by atoms with Crippen molar-refractivity contribution in [3.8, 4) is 11.5 Å². The van der Waals surface area contributed by atoms with Crippen molar-refractivity contribution in [3.05, 3.63) is 153 Å². The fourth-order valence-corrected chi connectivity index (χ4v) is 6.62. The van der Waals surface area contributed by atoms with Crippen molar-refractivity contribution in [1.82, 2.24) is 19.7 Å². The molecule has 7 aromatic rings. The van der Waals surface area contributed by atoms with E-state index in [9.17, 15) is 14.4 Å². The van der Waals surface area contributed by atoms with Gasteiger partial charge in [-0.1, -0.05) is 36.4 Å². The first kappa shape index (κ1) is 36.6. The second kappa shape index (κ2) is 16.1. The molecule has 2 amide bonds. The van der Waals surface area contributed by atoms with E-state index >= 15 is 0 Å². The number of rotatable bonds is 13. The second-order valence-electron chi connectivity index (χ2n) is 13.2. The number of carbonyl (C=O) groups is 2. The number of para-hydroxylation sites is 1. The molecule has 0 atom stereocenters. The lowest BCUT2D eigenvalue weighted by molar-refractivity contribution is 0.0997. The minimum absolute atomic E-state index is 0.115. The van der Waals surface area contributed by atoms with Crippen LogP contribution in [-0.4, -0.2) is 52.2 Å². The third kappa shape index (κ3) is 8.24. The summed E-state index contributed by atoms with van der Waals surface area (Å²) in [5.74, 6) is -0.816. The van der Waals surface area contributed by atoms with Crippen molar-refractivity contribution >= 4 is 45.1 Å². The summed E-state index contributed by atoms with van der Waals surface area (Å²) in [6, 6.07) is 29.0. The lowest BCUT2D eigenvalue weighted by Gasteiger charge is -2.23. The number of hydrogen-bond donors (Lipinski definition) is 2. The van der Waals surface area contributed by atoms with E-state index in [-0.39, 0.29) is 28.0 Å². The maximum atomic E-state index is 13.8. The maximum Gasteiger partial charge on any atom is 0.291 e. The average molecular weight is 737 g/mol. The number of aromatic nitrogens is 3. The second-order valence-corrected chi connectivity index (χ2v) is 13.2. The molecule has 12 heteroatoms. The third-order valence-electron chi connectivity index (χ3n) is 9.44. The molecule has 278 valence electrons. The Balaban J connectivity index is 1.06. The van der Waals surface area contributed by atoms with Crippen molar-refractivity contribution < 1.29 is 23.5 Å². The fraction of sp³-hybridized carbons (Fsp3) is 0.186. The summed E-state index contributed by atoms with van der Waals surface area (Å²) in [7, 11) is 4.87. The van der Waals surface area contributed by atoms with E-state index in [1.165, 1.54) is 31.9 Å². The minimum atomic E-state index is -0.709. The molecule has 7 rings (SSSR count). The Morgan fingerprint density at radius 2 is 1.55 bits per heavy atom. The molecule has 2 N–H and O–H groups in total. The van der Waals surface area contributed by atoms with Gasteiger partial charge in [-0.15, -0.1) is 0 Å². The number of nitrogens with one attached hydrogen (secondary N) is 2. The van der Waals surface area contributed by atoms with E-state index in [4.69, 9.17) is 13.9 Å². The van der Waals surface area contributed by atoms with Crippen LogP contribution < -0.4 is 25.5 Å². The summed E-state index contributed by atoms with van der Waals surface area (Å²) in [5.41, 5.74) is 6.28. The number of hydrogen-bond acceptors (Lipinski definition) is 9. The van der Waals surface area contributed by atoms with Gasteiger partial charge in [0.15, 0.2) is 22.7 Å². The average Bonchev–Trinajstić information content (AvgIpc) is 3.49. The minimum Gasteiger partial charge on any atom is -0.493 e. The Hall–Kier alpha value is -6.79. The summed E-state index contributed by atoms with van der Waals surface area (Å²) in [5, 5.41) is 11.7. The van der Waals surface area contributed by atoms with Gasteiger partial charge >= 0.3 is 0 Å². The van der Waals surface area contributed by atoms with Crippen LogP contribution in [0, 0.1) is 6.92 Å². The fourth-order valence-electron chi connectivity index (χ4n) is 6.62. The standard InChI is InChI=1S/C43H40N6O6/c1-27-33-20-29(13-16-36(33)48(2)47-27)25-49(26-30-8-7-18-44-24-30)19-17-28-11-14-31(15-12-28)45-42(51)34-21-39(53-3)40(54-4)22-35(34)46-43(52)41-23-37(50)32-9-5-6-10-38(32)55-41/h5-16,18,20-24H,17,19,25-26H2,1-4H3,(H,45,51)(H,46,52). The van der Waals surface area contributed by atoms with Gasteiger partial charge < -0.3 is 24.5 Å². The van der Waals surface area contributed by atoms with E-state index < -0.39 is 11.8 Å². The predicted octanol–water partition coefficient (Wildman–Crippen LogP) is 7.15. The topological polar surface area (TPSA) is 141 Å². The van der Waals surface area contributed by atoms with E-state index in [0.717, 1.165) is 59.8 Å². The van der Waals surface area contributed by atoms with Gasteiger partial charge in [-0.3, -0.25) is 28.9 Å². The van der Waals surface area contributed by atoms with Crippen LogP contribution in [0.3, 0.4) is 0 Å². The lowest BCUT2D eigenvalue weighted by Crippen LogP contribution is -2.25. The first-order valence-electron chi connectivity index (χ1n) is 17.7. The van der Waals surface area contributed by atoms with Crippen LogP contribution in [0.15, 0.2) is 119 Å². The Bertz CT molecular complexity index is 2560. The molecule has 55 heavy (non-hydrogen) atoms. The summed E-state index contributed by atoms with van der Waals surface area (Å²) in [4.78, 5) is 46.5. The Morgan fingerprint density at radius 1 is 0.800 bits per heavy atom. The zero-order chi connectivity index (χ0) is 38.5. The molecule has 3 heterocycles. The highest BCUT2D eigenvalue weighted by Crippen LogP contribution is 2.34. The molecular weight excluding hydrogens is 697 g/mol. The molecule has 0 saturated heterocycles. The van der Waals surface area contributed by atoms with E-state index in [0.29, 0.717) is 22.6 Å². The van der Waals surface area contributed by atoms with Crippen LogP contribution in [0.4, 0.5) is 11.4 Å². The molecular formula is C43H40N6O6. The van der Waals surface area contributed by atoms with Gasteiger partial charge in [0.2, 0.25) is 0 Å². The van der Waals surface area contributed by atoms with E-state index in [1.807, 2.05) is 55.2 Å². The summed E-state index contributed by atoms with van der Waals surface area (Å²) < 4.78 is 18.5. The summed E-state index contributed by atoms with van der Waals surface area (Å²) in [6.45, 7) is 4.32. The zero-order valence-electron chi connectivity index (χ0n) is 31.0. The van der Waals surface area contributed by atoms with Crippen LogP contribution in [0.1, 0.15) is 43.3 Å². The monoisotopic (exact) mass is 736 g/mol. The van der Waals surface area contributed by atoms with Crippen LogP contribution in [-0.2, 0) is 26.6 Å². The van der Waals surface area contributed by atoms with Gasteiger partial charge in [-0.05, 0) is 78.6 Å². The molecule has 0 fully saturated rings. The van der Waals surface area contributed by atoms with Gasteiger partial charge in [0.05, 0.1) is 42.1 Å². The van der Waals surface area contributed by atoms with E-state index in [2.05, 4.69) is 49.9 Å². The highest BCUT2D eigenvalue weighted by atomic mass is 16.5. The van der Waals surface area contributed by atoms with Gasteiger partial charge in [-0.25, -0.2) is 0 Å². The molecule has 12 nitrogen and oxygen atoms in total.